The smallest absolute Gasteiger partial charge is 0.224 e. The van der Waals surface area contributed by atoms with Gasteiger partial charge in [-0.05, 0) is 36.8 Å². The van der Waals surface area contributed by atoms with Crippen molar-refractivity contribution in [1.82, 2.24) is 0 Å². The summed E-state index contributed by atoms with van der Waals surface area (Å²) in [5.74, 6) is -0.590. The molecule has 0 bridgehead atoms. The molecule has 0 saturated heterocycles. The number of hydrogen-bond acceptors (Lipinski definition) is 5. The van der Waals surface area contributed by atoms with E-state index in [0.717, 1.165) is 30.9 Å². The number of isocyanates is 1. The average molecular weight is 329 g/mol. The van der Waals surface area contributed by atoms with Crippen LogP contribution in [0.25, 0.3) is 0 Å². The minimum atomic E-state index is -3.56. The molecule has 1 fully saturated rings. The molecule has 0 heterocycles. The first-order chi connectivity index (χ1) is 9.84. The van der Waals surface area contributed by atoms with Crippen LogP contribution in [-0.4, -0.2) is 27.0 Å². The summed E-state index contributed by atoms with van der Waals surface area (Å²) >= 11 is 1.05. The van der Waals surface area contributed by atoms with Crippen LogP contribution in [0.3, 0.4) is 0 Å². The minimum absolute atomic E-state index is 0.0441. The van der Waals surface area contributed by atoms with Crippen LogP contribution in [0.1, 0.15) is 31.2 Å². The second-order valence-corrected chi connectivity index (χ2v) is 8.00. The van der Waals surface area contributed by atoms with Crippen LogP contribution >= 0.6 is 11.8 Å². The molecule has 0 radical (unpaired) electrons. The van der Waals surface area contributed by atoms with E-state index in [1.54, 1.807) is 12.3 Å². The van der Waals surface area contributed by atoms with E-state index in [4.69, 9.17) is 0 Å². The second kappa shape index (κ2) is 5.91. The number of thioether (sulfide) groups is 1. The highest BCUT2D eigenvalue weighted by Crippen LogP contribution is 2.44. The van der Waals surface area contributed by atoms with Gasteiger partial charge >= 0.3 is 0 Å². The molecule has 0 spiro atoms. The predicted molar refractivity (Wildman–Crippen MR) is 79.6 cm³/mol. The van der Waals surface area contributed by atoms with Crippen LogP contribution < -0.4 is 0 Å². The molecular formula is C14H16FNO3S2. The lowest BCUT2D eigenvalue weighted by atomic mass is 9.89. The van der Waals surface area contributed by atoms with Crippen LogP contribution in [0.15, 0.2) is 26.9 Å². The maximum atomic E-state index is 14.3. The van der Waals surface area contributed by atoms with E-state index >= 15 is 0 Å². The number of carbonyl (C=O) groups excluding carboxylic acids is 1. The molecule has 114 valence electrons. The summed E-state index contributed by atoms with van der Waals surface area (Å²) in [6, 6.07) is 2.75. The van der Waals surface area contributed by atoms with Gasteiger partial charge in [0.25, 0.3) is 0 Å². The van der Waals surface area contributed by atoms with Crippen molar-refractivity contribution in [1.29, 1.82) is 0 Å². The third kappa shape index (κ3) is 3.05. The van der Waals surface area contributed by atoms with Crippen molar-refractivity contribution in [3.05, 3.63) is 23.5 Å². The first-order valence-electron chi connectivity index (χ1n) is 6.51. The number of benzene rings is 1. The van der Waals surface area contributed by atoms with Gasteiger partial charge in [0.05, 0.1) is 15.3 Å². The fourth-order valence-corrected chi connectivity index (χ4v) is 4.82. The summed E-state index contributed by atoms with van der Waals surface area (Å²) in [5, 5.41) is 0. The molecular weight excluding hydrogens is 313 g/mol. The maximum Gasteiger partial charge on any atom is 0.235 e. The Hall–Kier alpha value is -1.17. The largest absolute Gasteiger partial charge is 0.235 e. The molecule has 0 unspecified atom stereocenters. The highest BCUT2D eigenvalue weighted by molar-refractivity contribution is 7.99. The third-order valence-corrected chi connectivity index (χ3v) is 5.91. The summed E-state index contributed by atoms with van der Waals surface area (Å²) in [7, 11) is -3.56. The molecule has 1 aromatic carbocycles. The molecule has 1 aliphatic carbocycles. The Morgan fingerprint density at radius 3 is 2.43 bits per heavy atom. The molecule has 1 saturated carbocycles. The van der Waals surface area contributed by atoms with Gasteiger partial charge < -0.3 is 0 Å². The number of aliphatic imine (C=N–C) groups is 1. The lowest BCUT2D eigenvalue weighted by Gasteiger charge is -2.24. The lowest BCUT2D eigenvalue weighted by Crippen LogP contribution is -2.20. The zero-order valence-electron chi connectivity index (χ0n) is 11.8. The Labute approximate surface area is 127 Å². The standard InChI is InChI=1S/C14H16FNO3S2/c1-20-13-11(15)7-10(8-12(13)21(2,18)19)14(16-9-17)5-3-4-6-14/h7-8H,3-6H2,1-2H3. The van der Waals surface area contributed by atoms with Crippen molar-refractivity contribution in [2.45, 2.75) is 41.0 Å². The molecule has 1 aromatic rings. The summed E-state index contributed by atoms with van der Waals surface area (Å²) in [6.07, 6.45) is 7.17. The van der Waals surface area contributed by atoms with E-state index < -0.39 is 21.2 Å². The van der Waals surface area contributed by atoms with Gasteiger partial charge in [0.15, 0.2) is 9.84 Å². The Bertz CT molecular complexity index is 703. The molecule has 1 aliphatic rings. The molecule has 2 rings (SSSR count). The van der Waals surface area contributed by atoms with E-state index in [2.05, 4.69) is 4.99 Å². The van der Waals surface area contributed by atoms with Crippen molar-refractivity contribution in [3.8, 4) is 0 Å². The van der Waals surface area contributed by atoms with Crippen LogP contribution in [0, 0.1) is 5.82 Å². The fourth-order valence-electron chi connectivity index (χ4n) is 2.82. The predicted octanol–water partition coefficient (Wildman–Crippen LogP) is 3.06. The van der Waals surface area contributed by atoms with E-state index in [9.17, 15) is 17.6 Å². The zero-order chi connectivity index (χ0) is 15.7. The number of hydrogen-bond donors (Lipinski definition) is 0. The lowest BCUT2D eigenvalue weighted by molar-refractivity contribution is 0.449. The molecule has 21 heavy (non-hydrogen) atoms. The monoisotopic (exact) mass is 329 g/mol. The van der Waals surface area contributed by atoms with Crippen molar-refractivity contribution in [2.75, 3.05) is 12.5 Å². The molecule has 0 N–H and O–H groups in total. The highest BCUT2D eigenvalue weighted by Gasteiger charge is 2.37. The van der Waals surface area contributed by atoms with Gasteiger partial charge in [0, 0.05) is 6.26 Å². The summed E-state index contributed by atoms with van der Waals surface area (Å²) in [4.78, 5) is 14.7. The first kappa shape index (κ1) is 16.2. The van der Waals surface area contributed by atoms with Crippen LogP contribution in [0.5, 0.6) is 0 Å². The molecule has 4 nitrogen and oxygen atoms in total. The molecule has 0 amide bonds. The summed E-state index contributed by atoms with van der Waals surface area (Å²) in [6.45, 7) is 0. The van der Waals surface area contributed by atoms with Gasteiger partial charge in [-0.3, -0.25) is 0 Å². The van der Waals surface area contributed by atoms with Crippen LogP contribution in [0.2, 0.25) is 0 Å². The van der Waals surface area contributed by atoms with Crippen molar-refractivity contribution < 1.29 is 17.6 Å². The normalized spacial score (nSPS) is 17.5. The Kier molecular flexibility index (Phi) is 4.56. The topological polar surface area (TPSA) is 63.6 Å². The van der Waals surface area contributed by atoms with E-state index in [1.165, 1.54) is 12.1 Å². The third-order valence-electron chi connectivity index (χ3n) is 3.84. The Morgan fingerprint density at radius 1 is 1.33 bits per heavy atom. The Morgan fingerprint density at radius 2 is 1.95 bits per heavy atom. The molecule has 0 aromatic heterocycles. The van der Waals surface area contributed by atoms with Gasteiger partial charge in [-0.15, -0.1) is 11.8 Å². The Balaban J connectivity index is 2.71. The summed E-state index contributed by atoms with van der Waals surface area (Å²) in [5.41, 5.74) is -0.391. The van der Waals surface area contributed by atoms with Gasteiger partial charge in [-0.1, -0.05) is 12.8 Å². The van der Waals surface area contributed by atoms with E-state index in [0.29, 0.717) is 18.4 Å². The van der Waals surface area contributed by atoms with Crippen molar-refractivity contribution in [2.24, 2.45) is 4.99 Å². The number of sulfone groups is 1. The quantitative estimate of drug-likeness (QED) is 0.484. The van der Waals surface area contributed by atoms with Gasteiger partial charge in [0.2, 0.25) is 6.08 Å². The first-order valence-corrected chi connectivity index (χ1v) is 9.63. The van der Waals surface area contributed by atoms with Crippen molar-refractivity contribution >= 4 is 27.7 Å². The molecule has 7 heteroatoms. The second-order valence-electron chi connectivity index (χ2n) is 5.20. The van der Waals surface area contributed by atoms with Gasteiger partial charge in [0.1, 0.15) is 5.82 Å². The molecule has 0 atom stereocenters. The number of rotatable bonds is 4. The van der Waals surface area contributed by atoms with Crippen LogP contribution in [-0.2, 0) is 20.2 Å². The number of nitrogens with zero attached hydrogens (tertiary/aromatic N) is 1. The fraction of sp³-hybridized carbons (Fsp3) is 0.500. The van der Waals surface area contributed by atoms with Crippen LogP contribution in [0.4, 0.5) is 4.39 Å². The average Bonchev–Trinajstić information content (AvgIpc) is 2.87. The maximum absolute atomic E-state index is 14.3. The van der Waals surface area contributed by atoms with Gasteiger partial charge in [-0.25, -0.2) is 17.6 Å². The SMILES string of the molecule is CSc1c(F)cc(C2(N=C=O)CCCC2)cc1S(C)(=O)=O. The number of halogens is 1. The summed E-state index contributed by atoms with van der Waals surface area (Å²) < 4.78 is 38.1. The van der Waals surface area contributed by atoms with Gasteiger partial charge in [-0.2, -0.15) is 4.99 Å². The highest BCUT2D eigenvalue weighted by atomic mass is 32.2. The zero-order valence-corrected chi connectivity index (χ0v) is 13.5. The minimum Gasteiger partial charge on any atom is -0.224 e. The van der Waals surface area contributed by atoms with E-state index in [-0.39, 0.29) is 9.79 Å². The van der Waals surface area contributed by atoms with E-state index in [1.807, 2.05) is 0 Å². The van der Waals surface area contributed by atoms with Crippen molar-refractivity contribution in [3.63, 3.8) is 0 Å². The molecule has 0 aliphatic heterocycles.